The third-order valence-electron chi connectivity index (χ3n) is 6.80. The Bertz CT molecular complexity index is 1650. The highest BCUT2D eigenvalue weighted by Gasteiger charge is 2.32. The summed E-state index contributed by atoms with van der Waals surface area (Å²) in [7, 11) is 1.57. The van der Waals surface area contributed by atoms with Gasteiger partial charge in [0.15, 0.2) is 11.5 Å². The molecule has 0 aliphatic carbocycles. The fourth-order valence-electron chi connectivity index (χ4n) is 4.63. The molecule has 1 atom stereocenters. The Labute approximate surface area is 233 Å². The van der Waals surface area contributed by atoms with Crippen LogP contribution < -0.4 is 24.7 Å². The summed E-state index contributed by atoms with van der Waals surface area (Å²) in [6.45, 7) is 4.27. The number of carbonyl (C=O) groups excluding carboxylic acids is 1. The fourth-order valence-corrected chi connectivity index (χ4v) is 4.63. The Hall–Kier alpha value is -5.22. The molecule has 200 valence electrons. The Morgan fingerprint density at radius 1 is 0.975 bits per heavy atom. The molecule has 0 fully saturated rings. The minimum Gasteiger partial charge on any atom is -0.493 e. The van der Waals surface area contributed by atoms with Gasteiger partial charge < -0.3 is 24.7 Å². The molecule has 0 bridgehead atoms. The van der Waals surface area contributed by atoms with Crippen molar-refractivity contribution in [3.05, 3.63) is 130 Å². The number of benzene rings is 4. The Morgan fingerprint density at radius 3 is 2.48 bits per heavy atom. The number of fused-ring (bicyclic) bond motifs is 1. The van der Waals surface area contributed by atoms with Crippen molar-refractivity contribution in [1.82, 2.24) is 0 Å². The number of esters is 1. The molecule has 0 saturated heterocycles. The van der Waals surface area contributed by atoms with E-state index in [4.69, 9.17) is 24.7 Å². The van der Waals surface area contributed by atoms with Crippen LogP contribution in [0.25, 0.3) is 0 Å². The molecular formula is C33H28N2O5. The summed E-state index contributed by atoms with van der Waals surface area (Å²) in [5.74, 6) is 0.797. The predicted molar refractivity (Wildman–Crippen MR) is 150 cm³/mol. The van der Waals surface area contributed by atoms with E-state index in [1.807, 2.05) is 68.4 Å². The molecule has 1 unspecified atom stereocenters. The van der Waals surface area contributed by atoms with Crippen molar-refractivity contribution >= 4 is 5.97 Å². The number of rotatable bonds is 7. The van der Waals surface area contributed by atoms with E-state index in [1.54, 1.807) is 37.4 Å². The van der Waals surface area contributed by atoms with Gasteiger partial charge >= 0.3 is 5.97 Å². The molecule has 0 aromatic heterocycles. The lowest BCUT2D eigenvalue weighted by Gasteiger charge is -2.27. The second-order valence-corrected chi connectivity index (χ2v) is 9.51. The highest BCUT2D eigenvalue weighted by Crippen LogP contribution is 2.45. The van der Waals surface area contributed by atoms with Crippen LogP contribution in [0.15, 0.2) is 96.4 Å². The van der Waals surface area contributed by atoms with Crippen molar-refractivity contribution in [2.24, 2.45) is 5.73 Å². The Morgan fingerprint density at radius 2 is 1.75 bits per heavy atom. The van der Waals surface area contributed by atoms with E-state index >= 15 is 0 Å². The average molecular weight is 533 g/mol. The summed E-state index contributed by atoms with van der Waals surface area (Å²) >= 11 is 0. The molecule has 4 aromatic rings. The molecule has 0 radical (unpaired) electrons. The first kappa shape index (κ1) is 26.4. The van der Waals surface area contributed by atoms with E-state index in [1.165, 1.54) is 5.56 Å². The quantitative estimate of drug-likeness (QED) is 0.219. The molecule has 1 aliphatic heterocycles. The van der Waals surface area contributed by atoms with Crippen LogP contribution in [-0.2, 0) is 6.61 Å². The van der Waals surface area contributed by atoms with Gasteiger partial charge in [0.25, 0.3) is 0 Å². The SMILES string of the molecule is COc1cc(C2C(C#N)=C(N)Oc3cc(OC(=O)c4ccccc4C)ccc32)ccc1OCc1ccc(C)cc1. The van der Waals surface area contributed by atoms with Gasteiger partial charge in [0.05, 0.1) is 18.6 Å². The van der Waals surface area contributed by atoms with E-state index in [2.05, 4.69) is 6.07 Å². The molecule has 7 heteroatoms. The number of nitrogens with zero attached hydrogens (tertiary/aromatic N) is 1. The molecule has 40 heavy (non-hydrogen) atoms. The average Bonchev–Trinajstić information content (AvgIpc) is 2.96. The molecular weight excluding hydrogens is 504 g/mol. The second kappa shape index (κ2) is 11.3. The van der Waals surface area contributed by atoms with Crippen LogP contribution in [0.2, 0.25) is 0 Å². The van der Waals surface area contributed by atoms with Crippen molar-refractivity contribution < 1.29 is 23.7 Å². The summed E-state index contributed by atoms with van der Waals surface area (Å²) < 4.78 is 23.1. The third kappa shape index (κ3) is 5.33. The van der Waals surface area contributed by atoms with Gasteiger partial charge in [-0.1, -0.05) is 60.2 Å². The molecule has 0 saturated carbocycles. The maximum Gasteiger partial charge on any atom is 0.343 e. The van der Waals surface area contributed by atoms with Crippen molar-refractivity contribution in [1.29, 1.82) is 5.26 Å². The Kier molecular flexibility index (Phi) is 7.43. The summed E-state index contributed by atoms with van der Waals surface area (Å²) in [4.78, 5) is 12.7. The molecule has 7 nitrogen and oxygen atoms in total. The van der Waals surface area contributed by atoms with E-state index < -0.39 is 11.9 Å². The molecule has 4 aromatic carbocycles. The van der Waals surface area contributed by atoms with E-state index in [0.29, 0.717) is 40.7 Å². The van der Waals surface area contributed by atoms with Gasteiger partial charge in [0.1, 0.15) is 29.7 Å². The number of nitrogens with two attached hydrogens (primary N) is 1. The normalized spacial score (nSPS) is 14.0. The van der Waals surface area contributed by atoms with E-state index in [9.17, 15) is 10.1 Å². The summed E-state index contributed by atoms with van der Waals surface area (Å²) in [6, 6.07) is 28.1. The molecule has 1 heterocycles. The largest absolute Gasteiger partial charge is 0.493 e. The first-order valence-corrected chi connectivity index (χ1v) is 12.7. The molecule has 2 N–H and O–H groups in total. The van der Waals surface area contributed by atoms with Crippen LogP contribution in [0.4, 0.5) is 0 Å². The zero-order chi connectivity index (χ0) is 28.2. The standard InChI is InChI=1S/C33H28N2O5/c1-20-8-10-22(11-9-20)19-38-28-15-12-23(16-30(28)37-3)31-26-14-13-24(17-29(26)40-32(35)27(31)18-34)39-33(36)25-7-5-4-6-21(25)2/h4-17,31H,19,35H2,1-3H3. The molecule has 5 rings (SSSR count). The van der Waals surface area contributed by atoms with Crippen molar-refractivity contribution in [3.63, 3.8) is 0 Å². The minimum atomic E-state index is -0.519. The summed E-state index contributed by atoms with van der Waals surface area (Å²) in [5.41, 5.74) is 11.4. The number of ether oxygens (including phenoxy) is 4. The predicted octanol–water partition coefficient (Wildman–Crippen LogP) is 6.33. The van der Waals surface area contributed by atoms with E-state index in [0.717, 1.165) is 16.7 Å². The number of methoxy groups -OCH3 is 1. The zero-order valence-corrected chi connectivity index (χ0v) is 22.4. The third-order valence-corrected chi connectivity index (χ3v) is 6.80. The van der Waals surface area contributed by atoms with Crippen LogP contribution >= 0.6 is 0 Å². The fraction of sp³-hybridized carbons (Fsp3) is 0.152. The Balaban J connectivity index is 1.44. The van der Waals surface area contributed by atoms with Gasteiger partial charge in [-0.05, 0) is 54.8 Å². The molecule has 1 aliphatic rings. The highest BCUT2D eigenvalue weighted by atomic mass is 16.5. The first-order valence-electron chi connectivity index (χ1n) is 12.7. The lowest BCUT2D eigenvalue weighted by atomic mass is 9.83. The first-order chi connectivity index (χ1) is 19.4. The minimum absolute atomic E-state index is 0.0129. The molecule has 0 amide bonds. The van der Waals surface area contributed by atoms with Gasteiger partial charge in [-0.2, -0.15) is 5.26 Å². The van der Waals surface area contributed by atoms with Crippen LogP contribution in [-0.4, -0.2) is 13.1 Å². The van der Waals surface area contributed by atoms with Crippen LogP contribution in [0.1, 0.15) is 44.1 Å². The van der Waals surface area contributed by atoms with Crippen molar-refractivity contribution in [3.8, 4) is 29.1 Å². The maximum absolute atomic E-state index is 12.7. The number of carbonyl (C=O) groups is 1. The van der Waals surface area contributed by atoms with Gasteiger partial charge in [-0.15, -0.1) is 0 Å². The number of nitriles is 1. The topological polar surface area (TPSA) is 104 Å². The van der Waals surface area contributed by atoms with E-state index in [-0.39, 0.29) is 11.5 Å². The van der Waals surface area contributed by atoms with Crippen molar-refractivity contribution in [2.45, 2.75) is 26.4 Å². The smallest absolute Gasteiger partial charge is 0.343 e. The summed E-state index contributed by atoms with van der Waals surface area (Å²) in [5, 5.41) is 9.96. The van der Waals surface area contributed by atoms with Gasteiger partial charge in [0.2, 0.25) is 5.88 Å². The lowest BCUT2D eigenvalue weighted by Crippen LogP contribution is -2.21. The van der Waals surface area contributed by atoms with Crippen LogP contribution in [0.5, 0.6) is 23.0 Å². The number of hydrogen-bond acceptors (Lipinski definition) is 7. The maximum atomic E-state index is 12.7. The highest BCUT2D eigenvalue weighted by molar-refractivity contribution is 5.92. The number of allylic oxidation sites excluding steroid dienone is 1. The molecule has 0 spiro atoms. The number of hydrogen-bond donors (Lipinski definition) is 1. The van der Waals surface area contributed by atoms with Gasteiger partial charge in [-0.3, -0.25) is 0 Å². The zero-order valence-electron chi connectivity index (χ0n) is 22.4. The van der Waals surface area contributed by atoms with Gasteiger partial charge in [-0.25, -0.2) is 4.79 Å². The van der Waals surface area contributed by atoms with Crippen LogP contribution in [0, 0.1) is 25.2 Å². The van der Waals surface area contributed by atoms with Crippen LogP contribution in [0.3, 0.4) is 0 Å². The second-order valence-electron chi connectivity index (χ2n) is 9.51. The van der Waals surface area contributed by atoms with Gasteiger partial charge in [0, 0.05) is 11.6 Å². The van der Waals surface area contributed by atoms with Crippen molar-refractivity contribution in [2.75, 3.05) is 7.11 Å². The summed E-state index contributed by atoms with van der Waals surface area (Å²) in [6.07, 6.45) is 0. The lowest BCUT2D eigenvalue weighted by molar-refractivity contribution is 0.0733. The monoisotopic (exact) mass is 532 g/mol. The number of aryl methyl sites for hydroxylation is 2.